The van der Waals surface area contributed by atoms with Crippen molar-refractivity contribution in [2.45, 2.75) is 33.8 Å². The lowest BCUT2D eigenvalue weighted by atomic mass is 10.1. The predicted molar refractivity (Wildman–Crippen MR) is 58.3 cm³/mol. The zero-order valence-corrected chi connectivity index (χ0v) is 9.24. The molecule has 0 saturated carbocycles. The quantitative estimate of drug-likeness (QED) is 0.803. The van der Waals surface area contributed by atoms with Gasteiger partial charge in [-0.1, -0.05) is 13.8 Å². The van der Waals surface area contributed by atoms with Crippen molar-refractivity contribution in [1.82, 2.24) is 4.98 Å². The van der Waals surface area contributed by atoms with E-state index in [1.807, 2.05) is 19.9 Å². The third-order valence-electron chi connectivity index (χ3n) is 2.25. The number of pyridine rings is 1. The third-order valence-corrected chi connectivity index (χ3v) is 2.25. The van der Waals surface area contributed by atoms with Crippen LogP contribution < -0.4 is 10.5 Å². The van der Waals surface area contributed by atoms with E-state index in [0.717, 1.165) is 5.56 Å². The predicted octanol–water partition coefficient (Wildman–Crippen LogP) is 2.40. The SMILES string of the molecule is Cc1cnc(OC(C)C(C)C)c(N)c1. The fraction of sp³-hybridized carbons (Fsp3) is 0.545. The van der Waals surface area contributed by atoms with Crippen LogP contribution in [0.5, 0.6) is 5.88 Å². The summed E-state index contributed by atoms with van der Waals surface area (Å²) < 4.78 is 5.63. The van der Waals surface area contributed by atoms with E-state index >= 15 is 0 Å². The summed E-state index contributed by atoms with van der Waals surface area (Å²) in [6, 6.07) is 1.87. The lowest BCUT2D eigenvalue weighted by Crippen LogP contribution is -2.19. The minimum Gasteiger partial charge on any atom is -0.473 e. The molecule has 1 heterocycles. The molecule has 0 spiro atoms. The van der Waals surface area contributed by atoms with Crippen molar-refractivity contribution >= 4 is 5.69 Å². The van der Waals surface area contributed by atoms with Crippen molar-refractivity contribution < 1.29 is 4.74 Å². The molecule has 14 heavy (non-hydrogen) atoms. The summed E-state index contributed by atoms with van der Waals surface area (Å²) >= 11 is 0. The minimum absolute atomic E-state index is 0.132. The van der Waals surface area contributed by atoms with Gasteiger partial charge in [-0.25, -0.2) is 4.98 Å². The van der Waals surface area contributed by atoms with Gasteiger partial charge in [0.2, 0.25) is 5.88 Å². The molecule has 0 fully saturated rings. The van der Waals surface area contributed by atoms with Gasteiger partial charge in [0.1, 0.15) is 0 Å². The van der Waals surface area contributed by atoms with E-state index in [1.165, 1.54) is 0 Å². The van der Waals surface area contributed by atoms with Crippen LogP contribution in [0.15, 0.2) is 12.3 Å². The monoisotopic (exact) mass is 194 g/mol. The molecule has 1 aromatic rings. The van der Waals surface area contributed by atoms with Gasteiger partial charge in [-0.05, 0) is 31.4 Å². The molecular weight excluding hydrogens is 176 g/mol. The van der Waals surface area contributed by atoms with E-state index < -0.39 is 0 Å². The molecule has 1 atom stereocenters. The smallest absolute Gasteiger partial charge is 0.237 e. The summed E-state index contributed by atoms with van der Waals surface area (Å²) in [4.78, 5) is 4.15. The molecule has 1 aromatic heterocycles. The van der Waals surface area contributed by atoms with E-state index in [4.69, 9.17) is 10.5 Å². The summed E-state index contributed by atoms with van der Waals surface area (Å²) in [7, 11) is 0. The second-order valence-corrected chi connectivity index (χ2v) is 3.97. The normalized spacial score (nSPS) is 12.9. The average Bonchev–Trinajstić information content (AvgIpc) is 2.09. The highest BCUT2D eigenvalue weighted by atomic mass is 16.5. The lowest BCUT2D eigenvalue weighted by Gasteiger charge is -2.18. The first-order chi connectivity index (χ1) is 6.50. The van der Waals surface area contributed by atoms with Crippen LogP contribution in [0, 0.1) is 12.8 Å². The Hall–Kier alpha value is -1.25. The number of ether oxygens (including phenoxy) is 1. The van der Waals surface area contributed by atoms with Crippen molar-refractivity contribution in [3.63, 3.8) is 0 Å². The Morgan fingerprint density at radius 1 is 1.36 bits per heavy atom. The number of hydrogen-bond donors (Lipinski definition) is 1. The molecule has 3 heteroatoms. The van der Waals surface area contributed by atoms with Crippen molar-refractivity contribution in [2.24, 2.45) is 5.92 Å². The molecule has 0 amide bonds. The van der Waals surface area contributed by atoms with Crippen LogP contribution in [0.3, 0.4) is 0 Å². The Kier molecular flexibility index (Phi) is 3.33. The van der Waals surface area contributed by atoms with Crippen molar-refractivity contribution in [2.75, 3.05) is 5.73 Å². The molecular formula is C11H18N2O. The van der Waals surface area contributed by atoms with Crippen LogP contribution in [-0.4, -0.2) is 11.1 Å². The van der Waals surface area contributed by atoms with Gasteiger partial charge in [0, 0.05) is 6.20 Å². The first-order valence-electron chi connectivity index (χ1n) is 4.89. The number of nitrogens with two attached hydrogens (primary N) is 1. The molecule has 0 aliphatic rings. The van der Waals surface area contributed by atoms with Crippen molar-refractivity contribution in [3.8, 4) is 5.88 Å². The van der Waals surface area contributed by atoms with Gasteiger partial charge < -0.3 is 10.5 Å². The van der Waals surface area contributed by atoms with Gasteiger partial charge in [-0.15, -0.1) is 0 Å². The van der Waals surface area contributed by atoms with E-state index in [0.29, 0.717) is 17.5 Å². The molecule has 1 rings (SSSR count). The summed E-state index contributed by atoms with van der Waals surface area (Å²) in [5.74, 6) is 0.995. The lowest BCUT2D eigenvalue weighted by molar-refractivity contribution is 0.164. The van der Waals surface area contributed by atoms with Crippen LogP contribution in [0.2, 0.25) is 0 Å². The number of hydrogen-bond acceptors (Lipinski definition) is 3. The molecule has 78 valence electrons. The maximum Gasteiger partial charge on any atom is 0.237 e. The summed E-state index contributed by atoms with van der Waals surface area (Å²) in [5, 5.41) is 0. The summed E-state index contributed by atoms with van der Waals surface area (Å²) in [6.45, 7) is 8.19. The standard InChI is InChI=1S/C11H18N2O/c1-7(2)9(4)14-11-10(12)5-8(3)6-13-11/h5-7,9H,12H2,1-4H3. The number of aromatic nitrogens is 1. The molecule has 0 bridgehead atoms. The Balaban J connectivity index is 2.77. The zero-order valence-electron chi connectivity index (χ0n) is 9.24. The Morgan fingerprint density at radius 3 is 2.50 bits per heavy atom. The molecule has 0 aliphatic carbocycles. The highest BCUT2D eigenvalue weighted by molar-refractivity contribution is 5.49. The molecule has 1 unspecified atom stereocenters. The number of anilines is 1. The minimum atomic E-state index is 0.132. The molecule has 0 radical (unpaired) electrons. The highest BCUT2D eigenvalue weighted by Crippen LogP contribution is 2.21. The number of rotatable bonds is 3. The Labute approximate surface area is 85.3 Å². The van der Waals surface area contributed by atoms with E-state index in [-0.39, 0.29) is 6.10 Å². The summed E-state index contributed by atoms with van der Waals surface area (Å²) in [5.41, 5.74) is 7.44. The Bertz CT molecular complexity index is 310. The maximum atomic E-state index is 5.78. The second-order valence-electron chi connectivity index (χ2n) is 3.97. The fourth-order valence-electron chi connectivity index (χ4n) is 0.990. The number of aryl methyl sites for hydroxylation is 1. The van der Waals surface area contributed by atoms with Crippen LogP contribution in [-0.2, 0) is 0 Å². The van der Waals surface area contributed by atoms with Crippen LogP contribution >= 0.6 is 0 Å². The fourth-order valence-corrected chi connectivity index (χ4v) is 0.990. The van der Waals surface area contributed by atoms with E-state index in [9.17, 15) is 0 Å². The zero-order chi connectivity index (χ0) is 10.7. The van der Waals surface area contributed by atoms with Gasteiger partial charge in [-0.3, -0.25) is 0 Å². The molecule has 3 nitrogen and oxygen atoms in total. The number of nitrogen functional groups attached to an aromatic ring is 1. The second kappa shape index (κ2) is 4.31. The van der Waals surface area contributed by atoms with Gasteiger partial charge >= 0.3 is 0 Å². The largest absolute Gasteiger partial charge is 0.473 e. The Morgan fingerprint density at radius 2 is 2.00 bits per heavy atom. The van der Waals surface area contributed by atoms with Gasteiger partial charge in [0.05, 0.1) is 11.8 Å². The van der Waals surface area contributed by atoms with E-state index in [2.05, 4.69) is 18.8 Å². The third kappa shape index (κ3) is 2.62. The van der Waals surface area contributed by atoms with Gasteiger partial charge in [0.25, 0.3) is 0 Å². The number of nitrogens with zero attached hydrogens (tertiary/aromatic N) is 1. The molecule has 0 saturated heterocycles. The van der Waals surface area contributed by atoms with E-state index in [1.54, 1.807) is 6.20 Å². The van der Waals surface area contributed by atoms with Crippen LogP contribution in [0.1, 0.15) is 26.3 Å². The van der Waals surface area contributed by atoms with Gasteiger partial charge in [0.15, 0.2) is 0 Å². The molecule has 2 N–H and O–H groups in total. The van der Waals surface area contributed by atoms with Crippen molar-refractivity contribution in [1.29, 1.82) is 0 Å². The van der Waals surface area contributed by atoms with Crippen LogP contribution in [0.25, 0.3) is 0 Å². The molecule has 0 aromatic carbocycles. The van der Waals surface area contributed by atoms with Crippen molar-refractivity contribution in [3.05, 3.63) is 17.8 Å². The highest BCUT2D eigenvalue weighted by Gasteiger charge is 2.11. The first kappa shape index (κ1) is 10.8. The average molecular weight is 194 g/mol. The first-order valence-corrected chi connectivity index (χ1v) is 4.89. The van der Waals surface area contributed by atoms with Crippen LogP contribution in [0.4, 0.5) is 5.69 Å². The summed E-state index contributed by atoms with van der Waals surface area (Å²) in [6.07, 6.45) is 1.89. The maximum absolute atomic E-state index is 5.78. The molecule has 0 aliphatic heterocycles. The topological polar surface area (TPSA) is 48.1 Å². The van der Waals surface area contributed by atoms with Gasteiger partial charge in [-0.2, -0.15) is 0 Å².